The third kappa shape index (κ3) is 4.88. The molecule has 5 nitrogen and oxygen atoms in total. The Labute approximate surface area is 134 Å². The monoisotopic (exact) mass is 355 g/mol. The number of ether oxygens (including phenoxy) is 1. The van der Waals surface area contributed by atoms with Crippen LogP contribution in [0, 0.1) is 0 Å². The van der Waals surface area contributed by atoms with Gasteiger partial charge in [-0.05, 0) is 61.7 Å². The molecule has 1 aromatic rings. The number of pyridine rings is 1. The van der Waals surface area contributed by atoms with Gasteiger partial charge in [0, 0.05) is 23.8 Å². The van der Waals surface area contributed by atoms with Gasteiger partial charge in [-0.1, -0.05) is 0 Å². The normalized spacial score (nSPS) is 18.7. The van der Waals surface area contributed by atoms with Crippen LogP contribution in [-0.4, -0.2) is 40.7 Å². The Morgan fingerprint density at radius 2 is 2.29 bits per heavy atom. The number of hydrogen-bond acceptors (Lipinski definition) is 4. The molecule has 0 aliphatic carbocycles. The third-order valence-corrected chi connectivity index (χ3v) is 3.72. The first kappa shape index (κ1) is 16.1. The second-order valence-electron chi connectivity index (χ2n) is 6.21. The van der Waals surface area contributed by atoms with Crippen LogP contribution in [0.15, 0.2) is 22.8 Å². The SMILES string of the molecule is CC(C)(C)OC(=O)N1CCCC1CNc1ccc(Br)cn1. The molecular formula is C15H22BrN3O2. The molecule has 2 rings (SSSR count). The zero-order chi connectivity index (χ0) is 15.5. The van der Waals surface area contributed by atoms with E-state index in [0.717, 1.165) is 29.7 Å². The number of anilines is 1. The fourth-order valence-electron chi connectivity index (χ4n) is 2.31. The van der Waals surface area contributed by atoms with Gasteiger partial charge < -0.3 is 15.0 Å². The number of carbonyl (C=O) groups is 1. The van der Waals surface area contributed by atoms with Crippen molar-refractivity contribution in [3.05, 3.63) is 22.8 Å². The molecule has 2 heterocycles. The Kier molecular flexibility index (Phi) is 5.08. The summed E-state index contributed by atoms with van der Waals surface area (Å²) in [4.78, 5) is 18.3. The van der Waals surface area contributed by atoms with Crippen molar-refractivity contribution in [1.29, 1.82) is 0 Å². The molecular weight excluding hydrogens is 334 g/mol. The van der Waals surface area contributed by atoms with Crippen molar-refractivity contribution in [2.75, 3.05) is 18.4 Å². The third-order valence-electron chi connectivity index (χ3n) is 3.25. The molecule has 1 N–H and O–H groups in total. The minimum atomic E-state index is -0.453. The van der Waals surface area contributed by atoms with Crippen molar-refractivity contribution < 1.29 is 9.53 Å². The van der Waals surface area contributed by atoms with Crippen LogP contribution >= 0.6 is 15.9 Å². The Morgan fingerprint density at radius 1 is 1.52 bits per heavy atom. The largest absolute Gasteiger partial charge is 0.444 e. The summed E-state index contributed by atoms with van der Waals surface area (Å²) in [5.74, 6) is 0.814. The number of nitrogens with one attached hydrogen (secondary N) is 1. The highest BCUT2D eigenvalue weighted by Gasteiger charge is 2.31. The van der Waals surface area contributed by atoms with Gasteiger partial charge in [-0.25, -0.2) is 9.78 Å². The van der Waals surface area contributed by atoms with Crippen LogP contribution in [0.3, 0.4) is 0 Å². The fraction of sp³-hybridized carbons (Fsp3) is 0.600. The highest BCUT2D eigenvalue weighted by molar-refractivity contribution is 9.10. The summed E-state index contributed by atoms with van der Waals surface area (Å²) in [6.07, 6.45) is 3.53. The van der Waals surface area contributed by atoms with Gasteiger partial charge in [-0.15, -0.1) is 0 Å². The molecule has 0 bridgehead atoms. The van der Waals surface area contributed by atoms with E-state index in [1.807, 2.05) is 37.8 Å². The average molecular weight is 356 g/mol. The van der Waals surface area contributed by atoms with E-state index in [9.17, 15) is 4.79 Å². The molecule has 1 atom stereocenters. The summed E-state index contributed by atoms with van der Waals surface area (Å²) in [7, 11) is 0. The van der Waals surface area contributed by atoms with Crippen molar-refractivity contribution in [3.63, 3.8) is 0 Å². The van der Waals surface area contributed by atoms with Crippen LogP contribution in [-0.2, 0) is 4.74 Å². The lowest BCUT2D eigenvalue weighted by Gasteiger charge is -2.28. The molecule has 21 heavy (non-hydrogen) atoms. The molecule has 0 radical (unpaired) electrons. The van der Waals surface area contributed by atoms with Crippen molar-refractivity contribution >= 4 is 27.8 Å². The summed E-state index contributed by atoms with van der Waals surface area (Å²) < 4.78 is 6.41. The predicted octanol–water partition coefficient (Wildman–Crippen LogP) is 3.66. The topological polar surface area (TPSA) is 54.5 Å². The minimum Gasteiger partial charge on any atom is -0.444 e. The molecule has 6 heteroatoms. The Balaban J connectivity index is 1.90. The lowest BCUT2D eigenvalue weighted by Crippen LogP contribution is -2.42. The predicted molar refractivity (Wildman–Crippen MR) is 86.4 cm³/mol. The molecule has 1 aliphatic heterocycles. The molecule has 1 fully saturated rings. The van der Waals surface area contributed by atoms with E-state index in [-0.39, 0.29) is 12.1 Å². The van der Waals surface area contributed by atoms with Gasteiger partial charge in [0.2, 0.25) is 0 Å². The first-order valence-corrected chi connectivity index (χ1v) is 7.99. The highest BCUT2D eigenvalue weighted by Crippen LogP contribution is 2.21. The van der Waals surface area contributed by atoms with E-state index in [1.54, 1.807) is 6.20 Å². The number of rotatable bonds is 3. The summed E-state index contributed by atoms with van der Waals surface area (Å²) in [6.45, 7) is 7.11. The fourth-order valence-corrected chi connectivity index (χ4v) is 2.55. The lowest BCUT2D eigenvalue weighted by atomic mass is 10.2. The number of aromatic nitrogens is 1. The van der Waals surface area contributed by atoms with Crippen molar-refractivity contribution in [1.82, 2.24) is 9.88 Å². The zero-order valence-electron chi connectivity index (χ0n) is 12.7. The molecule has 116 valence electrons. The van der Waals surface area contributed by atoms with Crippen LogP contribution in [0.2, 0.25) is 0 Å². The van der Waals surface area contributed by atoms with Crippen molar-refractivity contribution in [3.8, 4) is 0 Å². The van der Waals surface area contributed by atoms with Crippen LogP contribution in [0.25, 0.3) is 0 Å². The van der Waals surface area contributed by atoms with Gasteiger partial charge in [0.05, 0.1) is 6.04 Å². The van der Waals surface area contributed by atoms with E-state index in [1.165, 1.54) is 0 Å². The first-order chi connectivity index (χ1) is 9.85. The molecule has 1 aliphatic rings. The lowest BCUT2D eigenvalue weighted by molar-refractivity contribution is 0.0235. The van der Waals surface area contributed by atoms with Crippen LogP contribution in [0.4, 0.5) is 10.6 Å². The van der Waals surface area contributed by atoms with Gasteiger partial charge in [-0.2, -0.15) is 0 Å². The number of likely N-dealkylation sites (tertiary alicyclic amines) is 1. The maximum absolute atomic E-state index is 12.2. The Bertz CT molecular complexity index is 485. The second-order valence-corrected chi connectivity index (χ2v) is 7.13. The van der Waals surface area contributed by atoms with E-state index in [0.29, 0.717) is 6.54 Å². The summed E-state index contributed by atoms with van der Waals surface area (Å²) in [5, 5.41) is 3.28. The van der Waals surface area contributed by atoms with Gasteiger partial charge in [-0.3, -0.25) is 0 Å². The van der Waals surface area contributed by atoms with E-state index >= 15 is 0 Å². The minimum absolute atomic E-state index is 0.158. The number of carbonyl (C=O) groups excluding carboxylic acids is 1. The molecule has 1 unspecified atom stereocenters. The smallest absolute Gasteiger partial charge is 0.410 e. The molecule has 0 spiro atoms. The molecule has 1 aromatic heterocycles. The molecule has 1 amide bonds. The molecule has 1 saturated heterocycles. The number of nitrogens with zero attached hydrogens (tertiary/aromatic N) is 2. The summed E-state index contributed by atoms with van der Waals surface area (Å²) >= 11 is 3.36. The standard InChI is InChI=1S/C15H22BrN3O2/c1-15(2,3)21-14(20)19-8-4-5-12(19)10-18-13-7-6-11(16)9-17-13/h6-7,9,12H,4-5,8,10H2,1-3H3,(H,17,18). The van der Waals surface area contributed by atoms with Gasteiger partial charge in [0.1, 0.15) is 11.4 Å². The Morgan fingerprint density at radius 3 is 2.90 bits per heavy atom. The highest BCUT2D eigenvalue weighted by atomic mass is 79.9. The average Bonchev–Trinajstić information content (AvgIpc) is 2.84. The maximum Gasteiger partial charge on any atom is 0.410 e. The number of hydrogen-bond donors (Lipinski definition) is 1. The van der Waals surface area contributed by atoms with Gasteiger partial charge in [0.25, 0.3) is 0 Å². The first-order valence-electron chi connectivity index (χ1n) is 7.20. The van der Waals surface area contributed by atoms with Crippen LogP contribution < -0.4 is 5.32 Å². The molecule has 0 aromatic carbocycles. The molecule has 0 saturated carbocycles. The summed E-state index contributed by atoms with van der Waals surface area (Å²) in [6, 6.07) is 4.01. The van der Waals surface area contributed by atoms with Crippen molar-refractivity contribution in [2.24, 2.45) is 0 Å². The van der Waals surface area contributed by atoms with Crippen molar-refractivity contribution in [2.45, 2.75) is 45.3 Å². The number of halogens is 1. The summed E-state index contributed by atoms with van der Waals surface area (Å²) in [5.41, 5.74) is -0.453. The van der Waals surface area contributed by atoms with E-state index < -0.39 is 5.60 Å². The van der Waals surface area contributed by atoms with Gasteiger partial charge in [0.15, 0.2) is 0 Å². The van der Waals surface area contributed by atoms with Crippen LogP contribution in [0.1, 0.15) is 33.6 Å². The van der Waals surface area contributed by atoms with Crippen LogP contribution in [0.5, 0.6) is 0 Å². The maximum atomic E-state index is 12.2. The number of amides is 1. The quantitative estimate of drug-likeness (QED) is 0.898. The van der Waals surface area contributed by atoms with E-state index in [2.05, 4.69) is 26.2 Å². The van der Waals surface area contributed by atoms with E-state index in [4.69, 9.17) is 4.74 Å². The Hall–Kier alpha value is -1.30. The zero-order valence-corrected chi connectivity index (χ0v) is 14.3. The van der Waals surface area contributed by atoms with Gasteiger partial charge >= 0.3 is 6.09 Å². The second kappa shape index (κ2) is 6.64.